The molecule has 20 heavy (non-hydrogen) atoms. The molecule has 0 aromatic heterocycles. The summed E-state index contributed by atoms with van der Waals surface area (Å²) in [5.74, 6) is 0.916. The highest BCUT2D eigenvalue weighted by Gasteiger charge is 1.98. The van der Waals surface area contributed by atoms with Crippen molar-refractivity contribution in [2.24, 2.45) is 5.73 Å². The zero-order valence-electron chi connectivity index (χ0n) is 12.8. The first kappa shape index (κ1) is 16.8. The fourth-order valence-corrected chi connectivity index (χ4v) is 1.83. The van der Waals surface area contributed by atoms with Gasteiger partial charge in [0.25, 0.3) is 0 Å². The zero-order valence-corrected chi connectivity index (χ0v) is 12.8. The van der Waals surface area contributed by atoms with E-state index in [1.54, 1.807) is 0 Å². The van der Waals surface area contributed by atoms with Crippen LogP contribution in [-0.4, -0.2) is 40.5 Å². The van der Waals surface area contributed by atoms with Crippen molar-refractivity contribution in [1.82, 2.24) is 0 Å². The second kappa shape index (κ2) is 10.5. The molecule has 4 nitrogen and oxygen atoms in total. The summed E-state index contributed by atoms with van der Waals surface area (Å²) >= 11 is 0. The second-order valence-corrected chi connectivity index (χ2v) is 5.06. The Balaban J connectivity index is 2.05. The lowest BCUT2D eigenvalue weighted by Crippen LogP contribution is -2.09. The topological polar surface area (TPSA) is 47.7 Å². The number of hydrogen-bond donors (Lipinski definition) is 1. The molecule has 0 unspecified atom stereocenters. The molecule has 0 heterocycles. The van der Waals surface area contributed by atoms with Crippen LogP contribution in [0.2, 0.25) is 0 Å². The highest BCUT2D eigenvalue weighted by atomic mass is 16.5. The predicted molar refractivity (Wildman–Crippen MR) is 84.6 cm³/mol. The molecule has 0 bridgehead atoms. The van der Waals surface area contributed by atoms with Gasteiger partial charge in [-0.25, -0.2) is 0 Å². The van der Waals surface area contributed by atoms with Crippen molar-refractivity contribution in [3.63, 3.8) is 0 Å². The summed E-state index contributed by atoms with van der Waals surface area (Å²) < 4.78 is 11.3. The van der Waals surface area contributed by atoms with Crippen molar-refractivity contribution in [2.75, 3.05) is 45.4 Å². The van der Waals surface area contributed by atoms with E-state index in [0.29, 0.717) is 6.61 Å². The Labute approximate surface area is 122 Å². The lowest BCUT2D eigenvalue weighted by atomic mass is 10.2. The minimum absolute atomic E-state index is 0.694. The van der Waals surface area contributed by atoms with E-state index in [-0.39, 0.29) is 0 Å². The SMILES string of the molecule is CN(C)c1cccc(OCCCOCCCCCN)c1. The third kappa shape index (κ3) is 7.36. The van der Waals surface area contributed by atoms with E-state index >= 15 is 0 Å². The Bertz CT molecular complexity index is 356. The Hall–Kier alpha value is -1.26. The number of ether oxygens (including phenoxy) is 2. The normalized spacial score (nSPS) is 10.6. The van der Waals surface area contributed by atoms with E-state index in [1.165, 1.54) is 0 Å². The first-order valence-corrected chi connectivity index (χ1v) is 7.42. The lowest BCUT2D eigenvalue weighted by Gasteiger charge is -2.14. The van der Waals surface area contributed by atoms with Crippen LogP contribution in [0.5, 0.6) is 5.75 Å². The third-order valence-corrected chi connectivity index (χ3v) is 3.03. The Morgan fingerprint density at radius 1 is 1.00 bits per heavy atom. The van der Waals surface area contributed by atoms with Gasteiger partial charge in [0, 0.05) is 45.5 Å². The molecule has 1 aromatic carbocycles. The number of anilines is 1. The molecule has 0 spiro atoms. The molecule has 0 radical (unpaired) electrons. The van der Waals surface area contributed by atoms with E-state index in [2.05, 4.69) is 11.0 Å². The van der Waals surface area contributed by atoms with Crippen LogP contribution in [0, 0.1) is 0 Å². The first-order chi connectivity index (χ1) is 9.74. The fourth-order valence-electron chi connectivity index (χ4n) is 1.83. The van der Waals surface area contributed by atoms with Gasteiger partial charge in [0.1, 0.15) is 5.75 Å². The van der Waals surface area contributed by atoms with Gasteiger partial charge >= 0.3 is 0 Å². The maximum atomic E-state index is 5.72. The molecule has 114 valence electrons. The molecule has 0 aliphatic heterocycles. The molecule has 2 N–H and O–H groups in total. The molecule has 0 fully saturated rings. The second-order valence-electron chi connectivity index (χ2n) is 5.06. The number of hydrogen-bond acceptors (Lipinski definition) is 4. The van der Waals surface area contributed by atoms with E-state index in [0.717, 1.165) is 56.9 Å². The smallest absolute Gasteiger partial charge is 0.121 e. The Kier molecular flexibility index (Phi) is 8.83. The number of nitrogens with two attached hydrogens (primary N) is 1. The van der Waals surface area contributed by atoms with E-state index in [1.807, 2.05) is 32.3 Å². The Morgan fingerprint density at radius 2 is 1.80 bits per heavy atom. The lowest BCUT2D eigenvalue weighted by molar-refractivity contribution is 0.116. The highest BCUT2D eigenvalue weighted by Crippen LogP contribution is 2.19. The van der Waals surface area contributed by atoms with E-state index in [9.17, 15) is 0 Å². The van der Waals surface area contributed by atoms with Crippen molar-refractivity contribution in [3.05, 3.63) is 24.3 Å². The van der Waals surface area contributed by atoms with Gasteiger partial charge in [-0.05, 0) is 37.9 Å². The summed E-state index contributed by atoms with van der Waals surface area (Å²) in [7, 11) is 4.05. The molecule has 1 rings (SSSR count). The van der Waals surface area contributed by atoms with Gasteiger partial charge in [0.15, 0.2) is 0 Å². The molecule has 0 saturated heterocycles. The van der Waals surface area contributed by atoms with Crippen LogP contribution in [0.1, 0.15) is 25.7 Å². The average Bonchev–Trinajstić information content (AvgIpc) is 2.46. The molecular formula is C16H28N2O2. The van der Waals surface area contributed by atoms with Crippen molar-refractivity contribution >= 4 is 5.69 Å². The van der Waals surface area contributed by atoms with Gasteiger partial charge in [-0.2, -0.15) is 0 Å². The van der Waals surface area contributed by atoms with Gasteiger partial charge < -0.3 is 20.1 Å². The van der Waals surface area contributed by atoms with Crippen molar-refractivity contribution in [2.45, 2.75) is 25.7 Å². The monoisotopic (exact) mass is 280 g/mol. The van der Waals surface area contributed by atoms with Gasteiger partial charge in [-0.1, -0.05) is 6.07 Å². The molecule has 0 atom stereocenters. The standard InChI is InChI=1S/C16H28N2O2/c1-18(2)15-8-6-9-16(14-15)20-13-7-12-19-11-5-3-4-10-17/h6,8-9,14H,3-5,7,10-13,17H2,1-2H3. The summed E-state index contributed by atoms with van der Waals surface area (Å²) in [6, 6.07) is 8.12. The van der Waals surface area contributed by atoms with Gasteiger partial charge in [-0.15, -0.1) is 0 Å². The molecule has 0 amide bonds. The van der Waals surface area contributed by atoms with Crippen LogP contribution in [-0.2, 0) is 4.74 Å². The number of benzene rings is 1. The number of rotatable bonds is 11. The van der Waals surface area contributed by atoms with Crippen molar-refractivity contribution in [1.29, 1.82) is 0 Å². The van der Waals surface area contributed by atoms with Crippen LogP contribution in [0.15, 0.2) is 24.3 Å². The van der Waals surface area contributed by atoms with E-state index in [4.69, 9.17) is 15.2 Å². The summed E-state index contributed by atoms with van der Waals surface area (Å²) in [5.41, 5.74) is 6.58. The Morgan fingerprint density at radius 3 is 2.55 bits per heavy atom. The molecular weight excluding hydrogens is 252 g/mol. The minimum Gasteiger partial charge on any atom is -0.493 e. The average molecular weight is 280 g/mol. The number of unbranched alkanes of at least 4 members (excludes halogenated alkanes) is 2. The van der Waals surface area contributed by atoms with Crippen LogP contribution in [0.3, 0.4) is 0 Å². The zero-order chi connectivity index (χ0) is 14.6. The quantitative estimate of drug-likeness (QED) is 0.633. The maximum absolute atomic E-state index is 5.72. The van der Waals surface area contributed by atoms with Crippen molar-refractivity contribution in [3.8, 4) is 5.75 Å². The minimum atomic E-state index is 0.694. The first-order valence-electron chi connectivity index (χ1n) is 7.42. The molecule has 0 saturated carbocycles. The van der Waals surface area contributed by atoms with E-state index < -0.39 is 0 Å². The largest absolute Gasteiger partial charge is 0.493 e. The van der Waals surface area contributed by atoms with Crippen molar-refractivity contribution < 1.29 is 9.47 Å². The molecule has 1 aromatic rings. The number of nitrogens with zero attached hydrogens (tertiary/aromatic N) is 1. The summed E-state index contributed by atoms with van der Waals surface area (Å²) in [6.07, 6.45) is 4.27. The third-order valence-electron chi connectivity index (χ3n) is 3.03. The fraction of sp³-hybridized carbons (Fsp3) is 0.625. The summed E-state index contributed by atoms with van der Waals surface area (Å²) in [5, 5.41) is 0. The van der Waals surface area contributed by atoms with Crippen LogP contribution in [0.25, 0.3) is 0 Å². The maximum Gasteiger partial charge on any atom is 0.121 e. The molecule has 0 aliphatic carbocycles. The highest BCUT2D eigenvalue weighted by molar-refractivity contribution is 5.49. The van der Waals surface area contributed by atoms with Crippen LogP contribution >= 0.6 is 0 Å². The molecule has 0 aliphatic rings. The predicted octanol–water partition coefficient (Wildman–Crippen LogP) is 2.67. The van der Waals surface area contributed by atoms with Gasteiger partial charge in [0.05, 0.1) is 6.61 Å². The van der Waals surface area contributed by atoms with Gasteiger partial charge in [-0.3, -0.25) is 0 Å². The summed E-state index contributed by atoms with van der Waals surface area (Å²) in [6.45, 7) is 3.06. The summed E-state index contributed by atoms with van der Waals surface area (Å²) in [4.78, 5) is 2.07. The van der Waals surface area contributed by atoms with Crippen LogP contribution in [0.4, 0.5) is 5.69 Å². The molecule has 4 heteroatoms. The van der Waals surface area contributed by atoms with Gasteiger partial charge in [0.2, 0.25) is 0 Å². The van der Waals surface area contributed by atoms with Crippen LogP contribution < -0.4 is 15.4 Å².